The van der Waals surface area contributed by atoms with E-state index in [1.54, 1.807) is 0 Å². The number of carbonyl (C=O) groups excluding carboxylic acids is 1. The number of hydrogen-bond acceptors (Lipinski definition) is 4. The second kappa shape index (κ2) is 10.3. The van der Waals surface area contributed by atoms with Crippen LogP contribution in [-0.4, -0.2) is 28.9 Å². The van der Waals surface area contributed by atoms with Gasteiger partial charge in [-0.1, -0.05) is 85.0 Å². The summed E-state index contributed by atoms with van der Waals surface area (Å²) in [7, 11) is 0. The summed E-state index contributed by atoms with van der Waals surface area (Å²) >= 11 is 1.53. The van der Waals surface area contributed by atoms with Crippen molar-refractivity contribution in [3.63, 3.8) is 0 Å². The third-order valence-corrected chi connectivity index (χ3v) is 7.33. The maximum atomic E-state index is 13.3. The fraction of sp³-hybridized carbons (Fsp3) is 0.241. The maximum absolute atomic E-state index is 13.3. The number of nitrogens with one attached hydrogen (secondary N) is 1. The number of amides is 1. The second-order valence-electron chi connectivity index (χ2n) is 9.07. The van der Waals surface area contributed by atoms with E-state index in [-0.39, 0.29) is 5.91 Å². The summed E-state index contributed by atoms with van der Waals surface area (Å²) in [5, 5.41) is 3.67. The first kappa shape index (κ1) is 22.5. The predicted octanol–water partition coefficient (Wildman–Crippen LogP) is 6.71. The first-order valence-electron chi connectivity index (χ1n) is 11.9. The van der Waals surface area contributed by atoms with Crippen LogP contribution in [0.1, 0.15) is 36.5 Å². The van der Waals surface area contributed by atoms with E-state index in [0.29, 0.717) is 10.7 Å². The Hall–Kier alpha value is -3.28. The van der Waals surface area contributed by atoms with Gasteiger partial charge in [-0.15, -0.1) is 0 Å². The number of rotatable bonds is 6. The van der Waals surface area contributed by atoms with Crippen LogP contribution in [0.4, 0.5) is 5.13 Å². The molecule has 5 rings (SSSR count). The smallest absolute Gasteiger partial charge is 0.258 e. The lowest BCUT2D eigenvalue weighted by Crippen LogP contribution is -2.32. The molecule has 1 aromatic heterocycles. The Kier molecular flexibility index (Phi) is 6.84. The van der Waals surface area contributed by atoms with Crippen LogP contribution >= 0.6 is 11.3 Å². The van der Waals surface area contributed by atoms with Crippen LogP contribution in [0.3, 0.4) is 0 Å². The lowest BCUT2D eigenvalue weighted by Gasteiger charge is -2.30. The molecule has 2 heterocycles. The number of thiazole rings is 1. The molecule has 4 aromatic rings. The first-order chi connectivity index (χ1) is 16.6. The zero-order chi connectivity index (χ0) is 23.3. The molecule has 0 atom stereocenters. The van der Waals surface area contributed by atoms with E-state index in [0.717, 1.165) is 33.8 Å². The van der Waals surface area contributed by atoms with Crippen molar-refractivity contribution in [3.05, 3.63) is 95.6 Å². The zero-order valence-corrected chi connectivity index (χ0v) is 20.2. The minimum Gasteiger partial charge on any atom is -0.299 e. The van der Waals surface area contributed by atoms with Crippen molar-refractivity contribution in [2.24, 2.45) is 5.92 Å². The summed E-state index contributed by atoms with van der Waals surface area (Å²) in [6, 6.07) is 26.1. The molecule has 1 N–H and O–H groups in total. The van der Waals surface area contributed by atoms with Gasteiger partial charge in [0.1, 0.15) is 0 Å². The van der Waals surface area contributed by atoms with Crippen LogP contribution in [0.2, 0.25) is 0 Å². The number of nitrogens with zero attached hydrogens (tertiary/aromatic N) is 2. The van der Waals surface area contributed by atoms with Crippen molar-refractivity contribution in [2.45, 2.75) is 26.3 Å². The highest BCUT2D eigenvalue weighted by atomic mass is 32.1. The minimum atomic E-state index is -0.156. The molecule has 0 saturated carbocycles. The third-order valence-electron chi connectivity index (χ3n) is 6.40. The van der Waals surface area contributed by atoms with Crippen molar-refractivity contribution in [3.8, 4) is 0 Å². The van der Waals surface area contributed by atoms with E-state index in [1.807, 2.05) is 66.7 Å². The van der Waals surface area contributed by atoms with Gasteiger partial charge in [-0.05, 0) is 66.7 Å². The molecular weight excluding hydrogens is 438 g/mol. The van der Waals surface area contributed by atoms with E-state index >= 15 is 0 Å². The Labute approximate surface area is 205 Å². The number of fused-ring (bicyclic) bond motifs is 1. The van der Waals surface area contributed by atoms with Crippen LogP contribution < -0.4 is 5.32 Å². The van der Waals surface area contributed by atoms with Gasteiger partial charge in [0.15, 0.2) is 5.13 Å². The Morgan fingerprint density at radius 3 is 2.47 bits per heavy atom. The molecule has 0 spiro atoms. The van der Waals surface area contributed by atoms with Crippen LogP contribution in [0.5, 0.6) is 0 Å². The standard InChI is InChI=1S/C29H29N3OS/c1-21-14-16-32(17-15-21)20-23-12-13-26-27(19-23)34-29(30-26)31-28(33)25(24-10-6-3-7-11-24)18-22-8-4-2-5-9-22/h2-13,18-19,21H,14-17,20H2,1H3,(H,30,31,33)/b25-18-. The third kappa shape index (κ3) is 5.44. The number of likely N-dealkylation sites (tertiary alicyclic amines) is 1. The van der Waals surface area contributed by atoms with Gasteiger partial charge in [0.2, 0.25) is 0 Å². The van der Waals surface area contributed by atoms with E-state index < -0.39 is 0 Å². The fourth-order valence-electron chi connectivity index (χ4n) is 4.38. The monoisotopic (exact) mass is 467 g/mol. The maximum Gasteiger partial charge on any atom is 0.258 e. The topological polar surface area (TPSA) is 45.2 Å². The molecule has 1 aliphatic heterocycles. The van der Waals surface area contributed by atoms with E-state index in [1.165, 1.54) is 42.8 Å². The van der Waals surface area contributed by atoms with Crippen molar-refractivity contribution in [1.82, 2.24) is 9.88 Å². The summed E-state index contributed by atoms with van der Waals surface area (Å²) < 4.78 is 1.10. The Morgan fingerprint density at radius 2 is 1.74 bits per heavy atom. The molecule has 0 unspecified atom stereocenters. The van der Waals surface area contributed by atoms with Crippen molar-refractivity contribution < 1.29 is 4.79 Å². The average Bonchev–Trinajstić information content (AvgIpc) is 3.26. The highest BCUT2D eigenvalue weighted by molar-refractivity contribution is 7.22. The highest BCUT2D eigenvalue weighted by Crippen LogP contribution is 2.29. The quantitative estimate of drug-likeness (QED) is 0.253. The van der Waals surface area contributed by atoms with Gasteiger partial charge in [0.05, 0.1) is 10.2 Å². The highest BCUT2D eigenvalue weighted by Gasteiger charge is 2.17. The fourth-order valence-corrected chi connectivity index (χ4v) is 5.30. The normalized spacial score (nSPS) is 15.5. The number of carbonyl (C=O) groups is 1. The molecule has 0 aliphatic carbocycles. The number of anilines is 1. The Balaban J connectivity index is 1.35. The first-order valence-corrected chi connectivity index (χ1v) is 12.7. The van der Waals surface area contributed by atoms with Gasteiger partial charge in [-0.3, -0.25) is 15.0 Å². The van der Waals surface area contributed by atoms with Crippen molar-refractivity contribution in [2.75, 3.05) is 18.4 Å². The molecule has 0 radical (unpaired) electrons. The van der Waals surface area contributed by atoms with E-state index in [2.05, 4.69) is 40.3 Å². The number of aromatic nitrogens is 1. The Bertz CT molecular complexity index is 1290. The molecule has 0 bridgehead atoms. The summed E-state index contributed by atoms with van der Waals surface area (Å²) in [4.78, 5) is 20.5. The molecule has 1 amide bonds. The summed E-state index contributed by atoms with van der Waals surface area (Å²) in [6.07, 6.45) is 4.48. The number of benzene rings is 3. The molecule has 1 aliphatic rings. The molecule has 172 valence electrons. The van der Waals surface area contributed by atoms with Crippen molar-refractivity contribution in [1.29, 1.82) is 0 Å². The lowest BCUT2D eigenvalue weighted by molar-refractivity contribution is -0.111. The molecular formula is C29H29N3OS. The van der Waals surface area contributed by atoms with E-state index in [9.17, 15) is 4.79 Å². The summed E-state index contributed by atoms with van der Waals surface area (Å²) in [6.45, 7) is 5.65. The molecule has 4 nitrogen and oxygen atoms in total. The SMILES string of the molecule is CC1CCN(Cc2ccc3nc(NC(=O)/C(=C\c4ccccc4)c4ccccc4)sc3c2)CC1. The minimum absolute atomic E-state index is 0.156. The van der Waals surface area contributed by atoms with Gasteiger partial charge >= 0.3 is 0 Å². The zero-order valence-electron chi connectivity index (χ0n) is 19.4. The number of piperidine rings is 1. The van der Waals surface area contributed by atoms with Crippen LogP contribution in [0.15, 0.2) is 78.9 Å². The summed E-state index contributed by atoms with van der Waals surface area (Å²) in [5.74, 6) is 0.680. The second-order valence-corrected chi connectivity index (χ2v) is 10.1. The molecule has 5 heteroatoms. The average molecular weight is 468 g/mol. The van der Waals surface area contributed by atoms with Gasteiger partial charge in [0.25, 0.3) is 5.91 Å². The van der Waals surface area contributed by atoms with Crippen LogP contribution in [0.25, 0.3) is 21.9 Å². The Morgan fingerprint density at radius 1 is 1.03 bits per heavy atom. The number of hydrogen-bond donors (Lipinski definition) is 1. The lowest BCUT2D eigenvalue weighted by atomic mass is 9.99. The van der Waals surface area contributed by atoms with Gasteiger partial charge in [-0.25, -0.2) is 4.98 Å². The largest absolute Gasteiger partial charge is 0.299 e. The molecule has 34 heavy (non-hydrogen) atoms. The summed E-state index contributed by atoms with van der Waals surface area (Å²) in [5.41, 5.74) is 4.70. The molecule has 1 fully saturated rings. The van der Waals surface area contributed by atoms with Gasteiger partial charge in [-0.2, -0.15) is 0 Å². The van der Waals surface area contributed by atoms with Crippen molar-refractivity contribution >= 4 is 44.2 Å². The van der Waals surface area contributed by atoms with E-state index in [4.69, 9.17) is 0 Å². The molecule has 1 saturated heterocycles. The predicted molar refractivity (Wildman–Crippen MR) is 143 cm³/mol. The van der Waals surface area contributed by atoms with Crippen LogP contribution in [-0.2, 0) is 11.3 Å². The van der Waals surface area contributed by atoms with Crippen LogP contribution in [0, 0.1) is 5.92 Å². The van der Waals surface area contributed by atoms with Gasteiger partial charge in [0, 0.05) is 12.1 Å². The van der Waals surface area contributed by atoms with Gasteiger partial charge < -0.3 is 0 Å². The molecule has 3 aromatic carbocycles.